The molecule has 16 heavy (non-hydrogen) atoms. The standard InChI is InChI=1S/C12H14N2O2/c1-9(13)11-2-4-12(5-3-11)15-7-10-6-14-16-8-10/h2-6,8-9H,7,13H2,1H3. The van der Waals surface area contributed by atoms with Crippen molar-refractivity contribution >= 4 is 0 Å². The molecule has 1 atom stereocenters. The number of rotatable bonds is 4. The van der Waals surface area contributed by atoms with E-state index in [-0.39, 0.29) is 6.04 Å². The van der Waals surface area contributed by atoms with Gasteiger partial charge in [-0.05, 0) is 24.6 Å². The molecule has 0 aliphatic rings. The summed E-state index contributed by atoms with van der Waals surface area (Å²) in [5.41, 5.74) is 7.76. The summed E-state index contributed by atoms with van der Waals surface area (Å²) in [6.07, 6.45) is 3.20. The molecule has 0 saturated heterocycles. The maximum Gasteiger partial charge on any atom is 0.130 e. The minimum absolute atomic E-state index is 0.0483. The van der Waals surface area contributed by atoms with E-state index in [1.165, 1.54) is 0 Å². The molecule has 0 aliphatic heterocycles. The first-order valence-electron chi connectivity index (χ1n) is 5.12. The van der Waals surface area contributed by atoms with Crippen molar-refractivity contribution in [1.82, 2.24) is 5.16 Å². The van der Waals surface area contributed by atoms with Crippen molar-refractivity contribution in [3.05, 3.63) is 47.9 Å². The van der Waals surface area contributed by atoms with E-state index in [0.717, 1.165) is 16.9 Å². The largest absolute Gasteiger partial charge is 0.489 e. The monoisotopic (exact) mass is 218 g/mol. The van der Waals surface area contributed by atoms with Crippen LogP contribution in [0.5, 0.6) is 5.75 Å². The number of hydrogen-bond acceptors (Lipinski definition) is 4. The molecule has 1 unspecified atom stereocenters. The van der Waals surface area contributed by atoms with Gasteiger partial charge in [0.05, 0.1) is 6.20 Å². The number of nitrogens with two attached hydrogens (primary N) is 1. The average Bonchev–Trinajstić information content (AvgIpc) is 2.80. The van der Waals surface area contributed by atoms with Crippen LogP contribution in [0.25, 0.3) is 0 Å². The smallest absolute Gasteiger partial charge is 0.130 e. The fourth-order valence-corrected chi connectivity index (χ4v) is 1.33. The maximum atomic E-state index is 5.75. The Balaban J connectivity index is 1.95. The zero-order valence-corrected chi connectivity index (χ0v) is 9.09. The van der Waals surface area contributed by atoms with E-state index >= 15 is 0 Å². The molecule has 0 saturated carbocycles. The average molecular weight is 218 g/mol. The van der Waals surface area contributed by atoms with E-state index in [4.69, 9.17) is 15.0 Å². The Kier molecular flexibility index (Phi) is 3.22. The Bertz CT molecular complexity index is 421. The molecule has 84 valence electrons. The molecule has 2 N–H and O–H groups in total. The molecular weight excluding hydrogens is 204 g/mol. The molecule has 4 heteroatoms. The first kappa shape index (κ1) is 10.7. The van der Waals surface area contributed by atoms with E-state index in [2.05, 4.69) is 5.16 Å². The van der Waals surface area contributed by atoms with Crippen LogP contribution in [0.3, 0.4) is 0 Å². The maximum absolute atomic E-state index is 5.75. The highest BCUT2D eigenvalue weighted by atomic mass is 16.5. The van der Waals surface area contributed by atoms with Gasteiger partial charge < -0.3 is 15.0 Å². The molecule has 2 rings (SSSR count). The van der Waals surface area contributed by atoms with Crippen LogP contribution in [-0.2, 0) is 6.61 Å². The van der Waals surface area contributed by atoms with Crippen LogP contribution >= 0.6 is 0 Å². The lowest BCUT2D eigenvalue weighted by Crippen LogP contribution is -2.04. The second-order valence-electron chi connectivity index (χ2n) is 3.68. The van der Waals surface area contributed by atoms with E-state index in [9.17, 15) is 0 Å². The van der Waals surface area contributed by atoms with Gasteiger partial charge in [-0.3, -0.25) is 0 Å². The van der Waals surface area contributed by atoms with Gasteiger partial charge in [-0.15, -0.1) is 0 Å². The Hall–Kier alpha value is -1.81. The van der Waals surface area contributed by atoms with E-state index < -0.39 is 0 Å². The van der Waals surface area contributed by atoms with Crippen molar-refractivity contribution in [2.24, 2.45) is 5.73 Å². The van der Waals surface area contributed by atoms with Gasteiger partial charge >= 0.3 is 0 Å². The van der Waals surface area contributed by atoms with Crippen molar-refractivity contribution in [1.29, 1.82) is 0 Å². The zero-order valence-electron chi connectivity index (χ0n) is 9.09. The third-order valence-corrected chi connectivity index (χ3v) is 2.29. The van der Waals surface area contributed by atoms with Crippen LogP contribution in [0, 0.1) is 0 Å². The van der Waals surface area contributed by atoms with Crippen LogP contribution in [0.4, 0.5) is 0 Å². The summed E-state index contributed by atoms with van der Waals surface area (Å²) in [4.78, 5) is 0. The van der Waals surface area contributed by atoms with Gasteiger partial charge in [-0.25, -0.2) is 0 Å². The van der Waals surface area contributed by atoms with Crippen LogP contribution in [0.15, 0.2) is 41.2 Å². The van der Waals surface area contributed by atoms with E-state index in [1.54, 1.807) is 12.5 Å². The first-order chi connectivity index (χ1) is 7.75. The van der Waals surface area contributed by atoms with Gasteiger partial charge in [-0.1, -0.05) is 17.3 Å². The topological polar surface area (TPSA) is 61.3 Å². The molecule has 2 aromatic rings. The van der Waals surface area contributed by atoms with Gasteiger partial charge in [0, 0.05) is 11.6 Å². The molecular formula is C12H14N2O2. The molecule has 0 fully saturated rings. The highest BCUT2D eigenvalue weighted by Gasteiger charge is 2.00. The molecule has 0 radical (unpaired) electrons. The summed E-state index contributed by atoms with van der Waals surface area (Å²) in [6, 6.07) is 7.80. The molecule has 4 nitrogen and oxygen atoms in total. The van der Waals surface area contributed by atoms with Crippen molar-refractivity contribution < 1.29 is 9.26 Å². The third-order valence-electron chi connectivity index (χ3n) is 2.29. The molecule has 1 heterocycles. The lowest BCUT2D eigenvalue weighted by atomic mass is 10.1. The molecule has 0 bridgehead atoms. The minimum Gasteiger partial charge on any atom is -0.489 e. The predicted molar refractivity (Wildman–Crippen MR) is 59.9 cm³/mol. The normalized spacial score (nSPS) is 12.4. The zero-order chi connectivity index (χ0) is 11.4. The number of ether oxygens (including phenoxy) is 1. The molecule has 1 aromatic carbocycles. The van der Waals surface area contributed by atoms with Crippen molar-refractivity contribution in [3.63, 3.8) is 0 Å². The van der Waals surface area contributed by atoms with Crippen LogP contribution in [0.1, 0.15) is 24.1 Å². The van der Waals surface area contributed by atoms with Crippen molar-refractivity contribution in [2.45, 2.75) is 19.6 Å². The van der Waals surface area contributed by atoms with Crippen LogP contribution < -0.4 is 10.5 Å². The lowest BCUT2D eigenvalue weighted by Gasteiger charge is -2.07. The fraction of sp³-hybridized carbons (Fsp3) is 0.250. The van der Waals surface area contributed by atoms with Crippen molar-refractivity contribution in [2.75, 3.05) is 0 Å². The van der Waals surface area contributed by atoms with Crippen LogP contribution in [-0.4, -0.2) is 5.16 Å². The SMILES string of the molecule is CC(N)c1ccc(OCc2cnoc2)cc1. The van der Waals surface area contributed by atoms with Crippen LogP contribution in [0.2, 0.25) is 0 Å². The number of nitrogens with zero attached hydrogens (tertiary/aromatic N) is 1. The predicted octanol–water partition coefficient (Wildman–Crippen LogP) is 2.27. The fourth-order valence-electron chi connectivity index (χ4n) is 1.33. The molecule has 0 aliphatic carbocycles. The van der Waals surface area contributed by atoms with E-state index in [0.29, 0.717) is 6.61 Å². The quantitative estimate of drug-likeness (QED) is 0.855. The van der Waals surface area contributed by atoms with Gasteiger partial charge in [0.25, 0.3) is 0 Å². The summed E-state index contributed by atoms with van der Waals surface area (Å²) < 4.78 is 10.3. The Morgan fingerprint density at radius 2 is 2.12 bits per heavy atom. The van der Waals surface area contributed by atoms with E-state index in [1.807, 2.05) is 31.2 Å². The Labute approximate surface area is 94.0 Å². The first-order valence-corrected chi connectivity index (χ1v) is 5.12. The molecule has 1 aromatic heterocycles. The summed E-state index contributed by atoms with van der Waals surface area (Å²) in [5.74, 6) is 0.811. The minimum atomic E-state index is 0.0483. The molecule has 0 amide bonds. The van der Waals surface area contributed by atoms with Gasteiger partial charge in [-0.2, -0.15) is 0 Å². The summed E-state index contributed by atoms with van der Waals surface area (Å²) in [6.45, 7) is 2.41. The summed E-state index contributed by atoms with van der Waals surface area (Å²) in [5, 5.41) is 3.60. The Morgan fingerprint density at radius 1 is 1.38 bits per heavy atom. The number of hydrogen-bond donors (Lipinski definition) is 1. The van der Waals surface area contributed by atoms with Gasteiger partial charge in [0.2, 0.25) is 0 Å². The second-order valence-corrected chi connectivity index (χ2v) is 3.68. The Morgan fingerprint density at radius 3 is 2.69 bits per heavy atom. The third kappa shape index (κ3) is 2.61. The molecule has 0 spiro atoms. The van der Waals surface area contributed by atoms with Gasteiger partial charge in [0.1, 0.15) is 18.6 Å². The van der Waals surface area contributed by atoms with Crippen molar-refractivity contribution in [3.8, 4) is 5.75 Å². The number of benzene rings is 1. The number of aromatic nitrogens is 1. The highest BCUT2D eigenvalue weighted by Crippen LogP contribution is 2.17. The summed E-state index contributed by atoms with van der Waals surface area (Å²) >= 11 is 0. The highest BCUT2D eigenvalue weighted by molar-refractivity contribution is 5.28. The van der Waals surface area contributed by atoms with Gasteiger partial charge in [0.15, 0.2) is 0 Å². The second kappa shape index (κ2) is 4.81. The summed E-state index contributed by atoms with van der Waals surface area (Å²) in [7, 11) is 0. The lowest BCUT2D eigenvalue weighted by molar-refractivity contribution is 0.304.